The molecule has 212 valence electrons. The molecular weight excluding hydrogens is 506 g/mol. The van der Waals surface area contributed by atoms with Crippen molar-refractivity contribution in [1.82, 2.24) is 9.80 Å². The summed E-state index contributed by atoms with van der Waals surface area (Å²) in [5, 5.41) is 0. The molecule has 3 aromatic carbocycles. The Morgan fingerprint density at radius 2 is 1.38 bits per heavy atom. The third-order valence-corrected chi connectivity index (χ3v) is 8.07. The first kappa shape index (κ1) is 27.5. The molecule has 8 nitrogen and oxygen atoms in total. The summed E-state index contributed by atoms with van der Waals surface area (Å²) in [6, 6.07) is 18.6. The van der Waals surface area contributed by atoms with Crippen LogP contribution in [0.5, 0.6) is 23.0 Å². The molecule has 0 bridgehead atoms. The molecule has 1 atom stereocenters. The van der Waals surface area contributed by atoms with Gasteiger partial charge in [0.15, 0.2) is 23.0 Å². The molecule has 2 heterocycles. The first-order chi connectivity index (χ1) is 19.4. The highest BCUT2D eigenvalue weighted by Crippen LogP contribution is 2.41. The van der Waals surface area contributed by atoms with Crippen molar-refractivity contribution >= 4 is 11.7 Å². The Morgan fingerprint density at radius 1 is 0.750 bits per heavy atom. The van der Waals surface area contributed by atoms with Crippen molar-refractivity contribution in [3.05, 3.63) is 76.9 Å². The summed E-state index contributed by atoms with van der Waals surface area (Å²) in [5.41, 5.74) is 5.78. The van der Waals surface area contributed by atoms with Crippen LogP contribution in [-0.2, 0) is 12.8 Å². The van der Waals surface area contributed by atoms with E-state index >= 15 is 0 Å². The fraction of sp³-hybridized carbons (Fsp3) is 0.406. The van der Waals surface area contributed by atoms with Crippen LogP contribution in [0.15, 0.2) is 54.6 Å². The molecule has 2 amide bonds. The van der Waals surface area contributed by atoms with E-state index in [0.717, 1.165) is 30.6 Å². The Kier molecular flexibility index (Phi) is 8.24. The Bertz CT molecular complexity index is 1340. The van der Waals surface area contributed by atoms with Gasteiger partial charge in [0.05, 0.1) is 34.5 Å². The SMILES string of the molecule is COc1ccc(CC2c3cc(OC)c(OC)cc3CCN2C(=O)N2CCN(c3ccc(C)cc3)CC2)cc1OC. The molecule has 0 aromatic heterocycles. The maximum atomic E-state index is 14.1. The third-order valence-electron chi connectivity index (χ3n) is 8.07. The first-order valence-electron chi connectivity index (χ1n) is 13.8. The van der Waals surface area contributed by atoms with Crippen molar-refractivity contribution in [3.63, 3.8) is 0 Å². The van der Waals surface area contributed by atoms with E-state index < -0.39 is 0 Å². The van der Waals surface area contributed by atoms with Gasteiger partial charge in [0.1, 0.15) is 0 Å². The maximum absolute atomic E-state index is 14.1. The number of nitrogens with zero attached hydrogens (tertiary/aromatic N) is 3. The number of benzene rings is 3. The first-order valence-corrected chi connectivity index (χ1v) is 13.8. The minimum absolute atomic E-state index is 0.0782. The molecule has 1 fully saturated rings. The van der Waals surface area contributed by atoms with Gasteiger partial charge >= 0.3 is 6.03 Å². The topological polar surface area (TPSA) is 63.7 Å². The van der Waals surface area contributed by atoms with Crippen LogP contribution in [-0.4, -0.2) is 77.0 Å². The van der Waals surface area contributed by atoms with E-state index in [2.05, 4.69) is 42.2 Å². The van der Waals surface area contributed by atoms with Crippen molar-refractivity contribution in [3.8, 4) is 23.0 Å². The van der Waals surface area contributed by atoms with Crippen molar-refractivity contribution in [2.75, 3.05) is 66.1 Å². The number of carbonyl (C=O) groups is 1. The minimum atomic E-state index is -0.163. The number of hydrogen-bond donors (Lipinski definition) is 0. The van der Waals surface area contributed by atoms with Gasteiger partial charge in [-0.25, -0.2) is 4.79 Å². The third kappa shape index (κ3) is 5.48. The highest BCUT2D eigenvalue weighted by Gasteiger charge is 2.35. The number of anilines is 1. The maximum Gasteiger partial charge on any atom is 0.320 e. The Morgan fingerprint density at radius 3 is 2.02 bits per heavy atom. The van der Waals surface area contributed by atoms with Crippen LogP contribution in [0.25, 0.3) is 0 Å². The molecule has 3 aromatic rings. The highest BCUT2D eigenvalue weighted by atomic mass is 16.5. The van der Waals surface area contributed by atoms with Crippen LogP contribution in [0.4, 0.5) is 10.5 Å². The van der Waals surface area contributed by atoms with E-state index in [1.165, 1.54) is 16.8 Å². The average Bonchev–Trinajstić information content (AvgIpc) is 3.00. The number of urea groups is 1. The van der Waals surface area contributed by atoms with Gasteiger partial charge in [-0.3, -0.25) is 0 Å². The molecule has 0 N–H and O–H groups in total. The second-order valence-corrected chi connectivity index (χ2v) is 10.4. The summed E-state index contributed by atoms with van der Waals surface area (Å²) in [7, 11) is 6.57. The fourth-order valence-electron chi connectivity index (χ4n) is 5.80. The van der Waals surface area contributed by atoms with Crippen molar-refractivity contribution in [1.29, 1.82) is 0 Å². The number of piperazine rings is 1. The molecule has 5 rings (SSSR count). The van der Waals surface area contributed by atoms with Gasteiger partial charge < -0.3 is 33.6 Å². The van der Waals surface area contributed by atoms with Crippen molar-refractivity contribution < 1.29 is 23.7 Å². The monoisotopic (exact) mass is 545 g/mol. The smallest absolute Gasteiger partial charge is 0.320 e. The van der Waals surface area contributed by atoms with Gasteiger partial charge in [-0.1, -0.05) is 23.8 Å². The van der Waals surface area contributed by atoms with Gasteiger partial charge in [0.25, 0.3) is 0 Å². The van der Waals surface area contributed by atoms with Crippen LogP contribution >= 0.6 is 0 Å². The number of hydrogen-bond acceptors (Lipinski definition) is 6. The van der Waals surface area contributed by atoms with Gasteiger partial charge in [0, 0.05) is 38.4 Å². The predicted molar refractivity (Wildman–Crippen MR) is 156 cm³/mol. The zero-order valence-electron chi connectivity index (χ0n) is 24.1. The fourth-order valence-corrected chi connectivity index (χ4v) is 5.80. The van der Waals surface area contributed by atoms with Gasteiger partial charge in [-0.2, -0.15) is 0 Å². The van der Waals surface area contributed by atoms with Gasteiger partial charge in [0.2, 0.25) is 0 Å². The molecule has 0 saturated carbocycles. The van der Waals surface area contributed by atoms with Crippen molar-refractivity contribution in [2.24, 2.45) is 0 Å². The van der Waals surface area contributed by atoms with Crippen molar-refractivity contribution in [2.45, 2.75) is 25.8 Å². The molecule has 0 spiro atoms. The van der Waals surface area contributed by atoms with Crippen LogP contribution in [0.2, 0.25) is 0 Å². The number of ether oxygens (including phenoxy) is 4. The molecule has 2 aliphatic heterocycles. The second-order valence-electron chi connectivity index (χ2n) is 10.4. The van der Waals surface area contributed by atoms with E-state index in [1.807, 2.05) is 34.1 Å². The summed E-state index contributed by atoms with van der Waals surface area (Å²) >= 11 is 0. The van der Waals surface area contributed by atoms with Gasteiger partial charge in [-0.05, 0) is 72.9 Å². The van der Waals surface area contributed by atoms with E-state index in [0.29, 0.717) is 49.1 Å². The van der Waals surface area contributed by atoms with E-state index in [1.54, 1.807) is 28.4 Å². The molecule has 1 unspecified atom stereocenters. The lowest BCUT2D eigenvalue weighted by molar-refractivity contribution is 0.125. The lowest BCUT2D eigenvalue weighted by Crippen LogP contribution is -2.54. The average molecular weight is 546 g/mol. The van der Waals surface area contributed by atoms with Crippen LogP contribution in [0.3, 0.4) is 0 Å². The summed E-state index contributed by atoms with van der Waals surface area (Å²) < 4.78 is 22.3. The molecule has 1 saturated heterocycles. The largest absolute Gasteiger partial charge is 0.493 e. The molecule has 8 heteroatoms. The quantitative estimate of drug-likeness (QED) is 0.411. The predicted octanol–water partition coefficient (Wildman–Crippen LogP) is 5.11. The zero-order chi connectivity index (χ0) is 28.2. The summed E-state index contributed by atoms with van der Waals surface area (Å²) in [5.74, 6) is 2.73. The Balaban J connectivity index is 1.42. The standard InChI is InChI=1S/C32H39N3O5/c1-22-6-9-25(10-7-22)33-14-16-34(17-15-33)32(36)35-13-12-24-20-30(39-4)31(40-5)21-26(24)27(35)18-23-8-11-28(37-2)29(19-23)38-3/h6-11,19-21,27H,12-18H2,1-5H3. The number of methoxy groups -OCH3 is 4. The van der Waals surface area contributed by atoms with Crippen LogP contribution < -0.4 is 23.8 Å². The lowest BCUT2D eigenvalue weighted by atomic mass is 9.88. The molecule has 40 heavy (non-hydrogen) atoms. The highest BCUT2D eigenvalue weighted by molar-refractivity contribution is 5.76. The Hall–Kier alpha value is -4.07. The normalized spacial score (nSPS) is 16.8. The van der Waals surface area contributed by atoms with Gasteiger partial charge in [-0.15, -0.1) is 0 Å². The number of aryl methyl sites for hydroxylation is 1. The molecule has 0 aliphatic carbocycles. The second kappa shape index (κ2) is 12.0. The molecule has 2 aliphatic rings. The summed E-state index contributed by atoms with van der Waals surface area (Å²) in [6.07, 6.45) is 1.39. The minimum Gasteiger partial charge on any atom is -0.493 e. The number of rotatable bonds is 7. The Labute approximate surface area is 237 Å². The molecule has 0 radical (unpaired) electrons. The zero-order valence-corrected chi connectivity index (χ0v) is 24.1. The van der Waals surface area contributed by atoms with E-state index in [-0.39, 0.29) is 12.1 Å². The van der Waals surface area contributed by atoms with Crippen LogP contribution in [0, 0.1) is 6.92 Å². The van der Waals surface area contributed by atoms with E-state index in [4.69, 9.17) is 18.9 Å². The lowest BCUT2D eigenvalue weighted by Gasteiger charge is -2.43. The number of amides is 2. The van der Waals surface area contributed by atoms with E-state index in [9.17, 15) is 4.79 Å². The number of carbonyl (C=O) groups excluding carboxylic acids is 1. The van der Waals surface area contributed by atoms with Crippen LogP contribution in [0.1, 0.15) is 28.3 Å². The summed E-state index contributed by atoms with van der Waals surface area (Å²) in [4.78, 5) is 20.5. The summed E-state index contributed by atoms with van der Waals surface area (Å²) in [6.45, 7) is 5.73. The molecular formula is C32H39N3O5. The number of fused-ring (bicyclic) bond motifs is 1.